The van der Waals surface area contributed by atoms with Gasteiger partial charge in [-0.2, -0.15) is 11.8 Å². The van der Waals surface area contributed by atoms with E-state index in [4.69, 9.17) is 17.4 Å². The summed E-state index contributed by atoms with van der Waals surface area (Å²) >= 11 is 7.97. The SMILES string of the molecule is NNC(CSC1CCCCC1)Cc1cccc(F)c1Cl. The van der Waals surface area contributed by atoms with Crippen LogP contribution in [-0.4, -0.2) is 17.0 Å². The predicted octanol–water partition coefficient (Wildman–Crippen LogP) is 3.92. The Morgan fingerprint density at radius 3 is 2.80 bits per heavy atom. The lowest BCUT2D eigenvalue weighted by molar-refractivity contribution is 0.513. The number of hydrazine groups is 1. The Morgan fingerprint density at radius 1 is 1.35 bits per heavy atom. The van der Waals surface area contributed by atoms with Gasteiger partial charge in [0.05, 0.1) is 5.02 Å². The summed E-state index contributed by atoms with van der Waals surface area (Å²) in [6.45, 7) is 0. The van der Waals surface area contributed by atoms with Crippen LogP contribution in [0.15, 0.2) is 18.2 Å². The van der Waals surface area contributed by atoms with Crippen molar-refractivity contribution in [1.29, 1.82) is 0 Å². The van der Waals surface area contributed by atoms with Gasteiger partial charge in [-0.3, -0.25) is 11.3 Å². The first kappa shape index (κ1) is 16.1. The van der Waals surface area contributed by atoms with Gasteiger partial charge in [0.25, 0.3) is 0 Å². The topological polar surface area (TPSA) is 38.0 Å². The van der Waals surface area contributed by atoms with Crippen molar-refractivity contribution >= 4 is 23.4 Å². The van der Waals surface area contributed by atoms with Crippen molar-refractivity contribution in [2.24, 2.45) is 5.84 Å². The molecule has 1 aliphatic carbocycles. The van der Waals surface area contributed by atoms with Crippen LogP contribution < -0.4 is 11.3 Å². The number of halogens is 2. The number of hydrogen-bond acceptors (Lipinski definition) is 3. The quantitative estimate of drug-likeness (QED) is 0.617. The fourth-order valence-electron chi connectivity index (χ4n) is 2.62. The summed E-state index contributed by atoms with van der Waals surface area (Å²) in [5, 5.41) is 0.970. The molecule has 1 aromatic rings. The highest BCUT2D eigenvalue weighted by Crippen LogP contribution is 2.29. The van der Waals surface area contributed by atoms with Gasteiger partial charge in [-0.1, -0.05) is 43.0 Å². The van der Waals surface area contributed by atoms with Crippen LogP contribution in [0.5, 0.6) is 0 Å². The lowest BCUT2D eigenvalue weighted by Crippen LogP contribution is -2.39. The maximum absolute atomic E-state index is 13.4. The van der Waals surface area contributed by atoms with E-state index in [1.807, 2.05) is 17.8 Å². The fourth-order valence-corrected chi connectivity index (χ4v) is 4.21. The normalized spacial score (nSPS) is 18.1. The summed E-state index contributed by atoms with van der Waals surface area (Å²) in [5.74, 6) is 6.20. The van der Waals surface area contributed by atoms with Gasteiger partial charge < -0.3 is 0 Å². The van der Waals surface area contributed by atoms with Gasteiger partial charge >= 0.3 is 0 Å². The zero-order chi connectivity index (χ0) is 14.4. The van der Waals surface area contributed by atoms with Crippen LogP contribution in [0, 0.1) is 5.82 Å². The van der Waals surface area contributed by atoms with Crippen LogP contribution in [0.2, 0.25) is 5.02 Å². The molecule has 20 heavy (non-hydrogen) atoms. The van der Waals surface area contributed by atoms with Gasteiger partial charge in [-0.15, -0.1) is 0 Å². The molecule has 1 unspecified atom stereocenters. The van der Waals surface area contributed by atoms with Crippen LogP contribution in [0.3, 0.4) is 0 Å². The molecule has 1 atom stereocenters. The number of thioether (sulfide) groups is 1. The molecule has 0 heterocycles. The van der Waals surface area contributed by atoms with Gasteiger partial charge in [0.1, 0.15) is 5.82 Å². The summed E-state index contributed by atoms with van der Waals surface area (Å²) in [7, 11) is 0. The summed E-state index contributed by atoms with van der Waals surface area (Å²) in [4.78, 5) is 0. The van der Waals surface area contributed by atoms with Crippen molar-refractivity contribution in [2.75, 3.05) is 5.75 Å². The molecule has 5 heteroatoms. The molecule has 1 aliphatic rings. The molecule has 0 aromatic heterocycles. The molecule has 0 saturated heterocycles. The van der Waals surface area contributed by atoms with Crippen LogP contribution >= 0.6 is 23.4 Å². The molecule has 1 saturated carbocycles. The molecular weight excluding hydrogens is 295 g/mol. The second-order valence-electron chi connectivity index (χ2n) is 5.37. The summed E-state index contributed by atoms with van der Waals surface area (Å²) < 4.78 is 13.4. The minimum absolute atomic E-state index is 0.126. The van der Waals surface area contributed by atoms with Crippen molar-refractivity contribution in [3.05, 3.63) is 34.6 Å². The van der Waals surface area contributed by atoms with Crippen molar-refractivity contribution < 1.29 is 4.39 Å². The zero-order valence-corrected chi connectivity index (χ0v) is 13.2. The molecule has 1 fully saturated rings. The van der Waals surface area contributed by atoms with Crippen LogP contribution in [0.4, 0.5) is 4.39 Å². The summed E-state index contributed by atoms with van der Waals surface area (Å²) in [6.07, 6.45) is 7.33. The molecule has 3 N–H and O–H groups in total. The van der Waals surface area contributed by atoms with E-state index in [0.717, 1.165) is 16.6 Å². The Hall–Kier alpha value is -0.290. The van der Waals surface area contributed by atoms with Crippen LogP contribution in [0.1, 0.15) is 37.7 Å². The number of nitrogens with two attached hydrogens (primary N) is 1. The number of nitrogens with one attached hydrogen (secondary N) is 1. The van der Waals surface area contributed by atoms with Gasteiger partial charge in [-0.05, 0) is 30.9 Å². The minimum atomic E-state index is -0.361. The Labute approximate surface area is 129 Å². The highest BCUT2D eigenvalue weighted by Gasteiger charge is 2.17. The molecule has 2 rings (SSSR count). The third-order valence-corrected chi connectivity index (χ3v) is 5.78. The molecular formula is C15H22ClFN2S. The molecule has 0 aliphatic heterocycles. The lowest BCUT2D eigenvalue weighted by Gasteiger charge is -2.24. The fraction of sp³-hybridized carbons (Fsp3) is 0.600. The van der Waals surface area contributed by atoms with E-state index >= 15 is 0 Å². The Bertz CT molecular complexity index is 424. The van der Waals surface area contributed by atoms with Crippen molar-refractivity contribution in [3.8, 4) is 0 Å². The van der Waals surface area contributed by atoms with E-state index in [2.05, 4.69) is 5.43 Å². The third kappa shape index (κ3) is 4.62. The highest BCUT2D eigenvalue weighted by molar-refractivity contribution is 7.99. The molecule has 2 nitrogen and oxygen atoms in total. The maximum atomic E-state index is 13.4. The predicted molar refractivity (Wildman–Crippen MR) is 85.6 cm³/mol. The van der Waals surface area contributed by atoms with Gasteiger partial charge in [0.2, 0.25) is 0 Å². The Morgan fingerprint density at radius 2 is 2.10 bits per heavy atom. The van der Waals surface area contributed by atoms with Crippen molar-refractivity contribution in [3.63, 3.8) is 0 Å². The lowest BCUT2D eigenvalue weighted by atomic mass is 10.0. The van der Waals surface area contributed by atoms with Crippen LogP contribution in [-0.2, 0) is 6.42 Å². The minimum Gasteiger partial charge on any atom is -0.271 e. The molecule has 0 amide bonds. The van der Waals surface area contributed by atoms with Gasteiger partial charge in [0.15, 0.2) is 0 Å². The van der Waals surface area contributed by atoms with E-state index in [0.29, 0.717) is 6.42 Å². The Kier molecular flexibility index (Phi) is 6.62. The van der Waals surface area contributed by atoms with Gasteiger partial charge in [-0.25, -0.2) is 4.39 Å². The molecule has 0 spiro atoms. The number of benzene rings is 1. The first-order valence-electron chi connectivity index (χ1n) is 7.21. The van der Waals surface area contributed by atoms with E-state index in [9.17, 15) is 4.39 Å². The average Bonchev–Trinajstić information content (AvgIpc) is 2.49. The summed E-state index contributed by atoms with van der Waals surface area (Å²) in [5.41, 5.74) is 3.65. The van der Waals surface area contributed by atoms with E-state index in [1.165, 1.54) is 38.2 Å². The largest absolute Gasteiger partial charge is 0.271 e. The second kappa shape index (κ2) is 8.23. The maximum Gasteiger partial charge on any atom is 0.142 e. The highest BCUT2D eigenvalue weighted by atomic mass is 35.5. The summed E-state index contributed by atoms with van der Waals surface area (Å²) in [6, 6.07) is 5.06. The standard InChI is InChI=1S/C15H22ClFN2S/c16-15-11(5-4-8-14(15)17)9-12(19-18)10-20-13-6-2-1-3-7-13/h4-5,8,12-13,19H,1-3,6-7,9-10,18H2. The van der Waals surface area contributed by atoms with E-state index in [1.54, 1.807) is 6.07 Å². The van der Waals surface area contributed by atoms with Gasteiger partial charge in [0, 0.05) is 17.0 Å². The Balaban J connectivity index is 1.86. The van der Waals surface area contributed by atoms with E-state index < -0.39 is 0 Å². The van der Waals surface area contributed by atoms with Crippen molar-refractivity contribution in [2.45, 2.75) is 49.8 Å². The second-order valence-corrected chi connectivity index (χ2v) is 7.09. The number of rotatable bonds is 6. The molecule has 1 aromatic carbocycles. The van der Waals surface area contributed by atoms with Crippen molar-refractivity contribution in [1.82, 2.24) is 5.43 Å². The third-order valence-electron chi connectivity index (χ3n) is 3.82. The first-order valence-corrected chi connectivity index (χ1v) is 8.64. The molecule has 0 radical (unpaired) electrons. The smallest absolute Gasteiger partial charge is 0.142 e. The first-order chi connectivity index (χ1) is 9.70. The molecule has 112 valence electrons. The van der Waals surface area contributed by atoms with E-state index in [-0.39, 0.29) is 16.9 Å². The average molecular weight is 317 g/mol. The zero-order valence-electron chi connectivity index (χ0n) is 11.6. The van der Waals surface area contributed by atoms with Crippen LogP contribution in [0.25, 0.3) is 0 Å². The molecule has 0 bridgehead atoms. The number of hydrogen-bond donors (Lipinski definition) is 2. The monoisotopic (exact) mass is 316 g/mol.